The number of nitrogens with zero attached hydrogens (tertiary/aromatic N) is 6. The number of azo groups is 1. The van der Waals surface area contributed by atoms with Gasteiger partial charge in [0.25, 0.3) is 31.7 Å². The number of amides is 1. The molecule has 17 nitrogen and oxygen atoms in total. The second-order valence-electron chi connectivity index (χ2n) is 7.37. The molecular formula is C18H16Cl2N8NaO9S2. The van der Waals surface area contributed by atoms with E-state index in [1.807, 2.05) is 0 Å². The number of pyridine rings is 1. The quantitative estimate of drug-likeness (QED) is 0.133. The average Bonchev–Trinajstić information content (AvgIpc) is 2.76. The number of anilines is 2. The number of hydrogen-bond donors (Lipinski definition) is 5. The number of aromatic hydroxyl groups is 1. The zero-order valence-electron chi connectivity index (χ0n) is 20.5. The molecule has 0 aliphatic heterocycles. The minimum absolute atomic E-state index is 0. The van der Waals surface area contributed by atoms with Gasteiger partial charge in [0.2, 0.25) is 22.4 Å². The third kappa shape index (κ3) is 7.11. The summed E-state index contributed by atoms with van der Waals surface area (Å²) in [6.45, 7) is 2.55. The van der Waals surface area contributed by atoms with Crippen LogP contribution >= 0.6 is 23.2 Å². The molecule has 1 radical (unpaired) electrons. The normalized spacial score (nSPS) is 11.8. The Hall–Kier alpha value is -2.75. The van der Waals surface area contributed by atoms with Gasteiger partial charge in [-0.1, -0.05) is 0 Å². The van der Waals surface area contributed by atoms with Gasteiger partial charge < -0.3 is 16.2 Å². The van der Waals surface area contributed by atoms with Crippen molar-refractivity contribution in [3.63, 3.8) is 0 Å². The van der Waals surface area contributed by atoms with Crippen LogP contribution in [0.15, 0.2) is 36.9 Å². The van der Waals surface area contributed by atoms with Crippen molar-refractivity contribution in [2.45, 2.75) is 30.2 Å². The molecule has 2 aromatic heterocycles. The zero-order chi connectivity index (χ0) is 29.4. The topological polar surface area (TPSA) is 269 Å². The van der Waals surface area contributed by atoms with E-state index in [1.165, 1.54) is 13.8 Å². The van der Waals surface area contributed by atoms with Crippen LogP contribution in [-0.4, -0.2) is 86.0 Å². The summed E-state index contributed by atoms with van der Waals surface area (Å²) in [6.07, 6.45) is 0. The third-order valence-corrected chi connectivity index (χ3v) is 7.04. The Bertz CT molecular complexity index is 1810. The van der Waals surface area contributed by atoms with Crippen molar-refractivity contribution >= 4 is 102 Å². The molecule has 0 unspecified atom stereocenters. The van der Waals surface area contributed by atoms with E-state index in [4.69, 9.17) is 28.9 Å². The summed E-state index contributed by atoms with van der Waals surface area (Å²) in [5.41, 5.74) is 1.77. The first-order valence-corrected chi connectivity index (χ1v) is 13.7. The van der Waals surface area contributed by atoms with E-state index in [2.05, 4.69) is 30.5 Å². The Labute approximate surface area is 257 Å². The summed E-state index contributed by atoms with van der Waals surface area (Å²) < 4.78 is 68.2. The molecule has 1 amide bonds. The van der Waals surface area contributed by atoms with Gasteiger partial charge in [0.1, 0.15) is 21.0 Å². The molecule has 0 aliphatic carbocycles. The van der Waals surface area contributed by atoms with Gasteiger partial charge in [0.05, 0.1) is 5.69 Å². The first-order chi connectivity index (χ1) is 17.9. The predicted molar refractivity (Wildman–Crippen MR) is 140 cm³/mol. The van der Waals surface area contributed by atoms with Crippen LogP contribution in [0.2, 0.25) is 10.6 Å². The molecule has 0 fully saturated rings. The van der Waals surface area contributed by atoms with Gasteiger partial charge in [-0.05, 0) is 49.2 Å². The van der Waals surface area contributed by atoms with Gasteiger partial charge in [-0.2, -0.15) is 31.8 Å². The number of aromatic nitrogens is 4. The van der Waals surface area contributed by atoms with Crippen LogP contribution in [0.4, 0.5) is 23.0 Å². The first kappa shape index (κ1) is 33.5. The Morgan fingerprint density at radius 1 is 1.05 bits per heavy atom. The Morgan fingerprint density at radius 2 is 1.60 bits per heavy atom. The number of carbonyl (C=O) groups is 1. The van der Waals surface area contributed by atoms with Crippen molar-refractivity contribution in [1.29, 1.82) is 0 Å². The maximum atomic E-state index is 12.8. The van der Waals surface area contributed by atoms with Crippen LogP contribution in [0.5, 0.6) is 5.88 Å². The maximum Gasteiger partial charge on any atom is 0.296 e. The second kappa shape index (κ2) is 12.4. The van der Waals surface area contributed by atoms with Crippen LogP contribution in [0.1, 0.15) is 22.8 Å². The van der Waals surface area contributed by atoms with Crippen molar-refractivity contribution < 1.29 is 35.8 Å². The number of nitrogens with one attached hydrogen (secondary N) is 1. The van der Waals surface area contributed by atoms with Gasteiger partial charge in [-0.3, -0.25) is 23.3 Å². The summed E-state index contributed by atoms with van der Waals surface area (Å²) in [5.74, 6) is -2.29. The van der Waals surface area contributed by atoms with Gasteiger partial charge in [-0.25, -0.2) is 0 Å². The maximum absolute atomic E-state index is 12.8. The summed E-state index contributed by atoms with van der Waals surface area (Å²) in [6, 6.07) is 1.04. The molecule has 0 aliphatic rings. The number of rotatable bonds is 8. The fraction of sp³-hybridized carbons (Fsp3) is 0.167. The van der Waals surface area contributed by atoms with E-state index in [1.54, 1.807) is 0 Å². The first-order valence-electron chi connectivity index (χ1n) is 10.1. The van der Waals surface area contributed by atoms with Gasteiger partial charge in [0, 0.05) is 41.7 Å². The number of halogens is 2. The van der Waals surface area contributed by atoms with E-state index in [0.29, 0.717) is 12.1 Å². The van der Waals surface area contributed by atoms with E-state index in [0.717, 1.165) is 4.57 Å². The van der Waals surface area contributed by atoms with Crippen LogP contribution in [0.3, 0.4) is 0 Å². The molecule has 22 heteroatoms. The molecular weight excluding hydrogens is 630 g/mol. The number of primary amides is 1. The zero-order valence-corrected chi connectivity index (χ0v) is 25.6. The molecule has 0 spiro atoms. The SMILES string of the molecule is CCn1c(O)c(C(N)=O)c(C)c(N=Nc2cc(Nc3nc(Cl)nc(Cl)n3)c(S(=O)(=O)O)cc2S(=O)(=O)O)c1=O.[Na]. The molecule has 1 aromatic carbocycles. The van der Waals surface area contributed by atoms with Crippen molar-refractivity contribution in [2.24, 2.45) is 16.0 Å². The molecule has 209 valence electrons. The summed E-state index contributed by atoms with van der Waals surface area (Å²) in [5, 5.41) is 19.1. The Balaban J connectivity index is 0.00000560. The van der Waals surface area contributed by atoms with Crippen molar-refractivity contribution in [3.8, 4) is 5.88 Å². The molecule has 40 heavy (non-hydrogen) atoms. The van der Waals surface area contributed by atoms with Crippen LogP contribution in [-0.2, 0) is 26.8 Å². The van der Waals surface area contributed by atoms with Gasteiger partial charge >= 0.3 is 0 Å². The van der Waals surface area contributed by atoms with Crippen molar-refractivity contribution in [2.75, 3.05) is 5.32 Å². The van der Waals surface area contributed by atoms with E-state index in [9.17, 15) is 40.6 Å². The summed E-state index contributed by atoms with van der Waals surface area (Å²) in [7, 11) is -10.4. The van der Waals surface area contributed by atoms with Crippen molar-refractivity contribution in [3.05, 3.63) is 44.2 Å². The Morgan fingerprint density at radius 3 is 2.08 bits per heavy atom. The molecule has 0 saturated carbocycles. The molecule has 0 saturated heterocycles. The second-order valence-corrected chi connectivity index (χ2v) is 10.8. The minimum atomic E-state index is -5.22. The van der Waals surface area contributed by atoms with Crippen LogP contribution in [0, 0.1) is 6.92 Å². The smallest absolute Gasteiger partial charge is 0.296 e. The number of nitrogens with two attached hydrogens (primary N) is 1. The van der Waals surface area contributed by atoms with E-state index >= 15 is 0 Å². The number of hydrogen-bond acceptors (Lipinski definition) is 13. The molecule has 0 atom stereocenters. The Kier molecular flexibility index (Phi) is 10.4. The fourth-order valence-corrected chi connectivity index (χ4v) is 4.99. The third-order valence-electron chi connectivity index (χ3n) is 4.92. The predicted octanol–water partition coefficient (Wildman–Crippen LogP) is 1.74. The fourth-order valence-electron chi connectivity index (χ4n) is 3.26. The van der Waals surface area contributed by atoms with Gasteiger partial charge in [0.15, 0.2) is 5.69 Å². The van der Waals surface area contributed by atoms with Crippen LogP contribution in [0.25, 0.3) is 0 Å². The average molecular weight is 646 g/mol. The largest absolute Gasteiger partial charge is 0.494 e. The monoisotopic (exact) mass is 645 g/mol. The van der Waals surface area contributed by atoms with E-state index in [-0.39, 0.29) is 41.7 Å². The van der Waals surface area contributed by atoms with Crippen molar-refractivity contribution in [1.82, 2.24) is 19.5 Å². The van der Waals surface area contributed by atoms with Crippen LogP contribution < -0.4 is 16.6 Å². The summed E-state index contributed by atoms with van der Waals surface area (Å²) in [4.78, 5) is 33.3. The summed E-state index contributed by atoms with van der Waals surface area (Å²) >= 11 is 11.4. The molecule has 2 heterocycles. The molecule has 3 rings (SSSR count). The van der Waals surface area contributed by atoms with E-state index < -0.39 is 86.5 Å². The standard InChI is InChI=1S/C18H16Cl2N8O9S2.Na/c1-3-28-14(30)11(13(21)29)6(2)12(15(28)31)27-26-8-4-7(22-18-24-16(19)23-17(20)25-18)9(38(32,33)34)5-10(8)39(35,36)37;/h4-5,30H,3H2,1-2H3,(H2,21,29)(H,32,33,34)(H,35,36,37)(H,22,23,24,25);. The minimum Gasteiger partial charge on any atom is -0.494 e. The van der Waals surface area contributed by atoms with Gasteiger partial charge in [-0.15, -0.1) is 10.2 Å². The number of benzene rings is 1. The molecule has 3 aromatic rings. The molecule has 0 bridgehead atoms. The molecule has 6 N–H and O–H groups in total. The number of carbonyl (C=O) groups excluding carboxylic acids is 1.